The van der Waals surface area contributed by atoms with E-state index in [1.165, 1.54) is 0 Å². The van der Waals surface area contributed by atoms with Gasteiger partial charge in [-0.2, -0.15) is 5.20 Å². The molecule has 25 heavy (non-hydrogen) atoms. The molecule has 2 aromatic carbocycles. The van der Waals surface area contributed by atoms with Gasteiger partial charge in [-0.05, 0) is 38.8 Å². The SMILES string of the molecule is CC(C)N(NP(OCc1ccccc1)OCc1ccccc1)C(C)C. The van der Waals surface area contributed by atoms with Crippen LogP contribution in [0, 0.1) is 0 Å². The van der Waals surface area contributed by atoms with Gasteiger partial charge in [-0.15, -0.1) is 0 Å². The molecule has 0 fully saturated rings. The number of hydrogen-bond acceptors (Lipinski definition) is 4. The van der Waals surface area contributed by atoms with Gasteiger partial charge in [0.2, 0.25) is 0 Å². The van der Waals surface area contributed by atoms with Gasteiger partial charge in [0.05, 0.1) is 13.2 Å². The van der Waals surface area contributed by atoms with E-state index in [4.69, 9.17) is 9.05 Å². The van der Waals surface area contributed by atoms with Crippen molar-refractivity contribution < 1.29 is 9.05 Å². The number of hydrogen-bond donors (Lipinski definition) is 1. The number of nitrogens with one attached hydrogen (secondary N) is 1. The van der Waals surface area contributed by atoms with Crippen LogP contribution in [0.1, 0.15) is 38.8 Å². The minimum Gasteiger partial charge on any atom is -0.316 e. The zero-order valence-electron chi connectivity index (χ0n) is 15.6. The van der Waals surface area contributed by atoms with Crippen LogP contribution in [0.4, 0.5) is 0 Å². The first-order valence-electron chi connectivity index (χ1n) is 8.74. The van der Waals surface area contributed by atoms with Crippen molar-refractivity contribution in [3.8, 4) is 0 Å². The van der Waals surface area contributed by atoms with Crippen molar-refractivity contribution in [2.75, 3.05) is 0 Å². The molecule has 0 radical (unpaired) electrons. The van der Waals surface area contributed by atoms with Gasteiger partial charge in [0.15, 0.2) is 0 Å². The van der Waals surface area contributed by atoms with Crippen molar-refractivity contribution in [1.82, 2.24) is 10.2 Å². The Hall–Kier alpha value is -1.29. The fourth-order valence-corrected chi connectivity index (χ4v) is 3.80. The van der Waals surface area contributed by atoms with Crippen molar-refractivity contribution >= 4 is 8.53 Å². The first-order valence-corrected chi connectivity index (χ1v) is 9.92. The molecule has 0 heterocycles. The predicted molar refractivity (Wildman–Crippen MR) is 105 cm³/mol. The zero-order chi connectivity index (χ0) is 18.1. The highest BCUT2D eigenvalue weighted by molar-refractivity contribution is 7.44. The van der Waals surface area contributed by atoms with Gasteiger partial charge < -0.3 is 9.05 Å². The van der Waals surface area contributed by atoms with Crippen molar-refractivity contribution in [3.05, 3.63) is 71.8 Å². The number of nitrogens with zero attached hydrogens (tertiary/aromatic N) is 1. The Kier molecular flexibility index (Phi) is 8.53. The Morgan fingerprint density at radius 2 is 1.16 bits per heavy atom. The van der Waals surface area contributed by atoms with E-state index in [0.717, 1.165) is 11.1 Å². The lowest BCUT2D eigenvalue weighted by Crippen LogP contribution is -2.45. The smallest absolute Gasteiger partial charge is 0.271 e. The maximum Gasteiger partial charge on any atom is 0.271 e. The molecule has 2 rings (SSSR count). The lowest BCUT2D eigenvalue weighted by Gasteiger charge is -2.33. The molecule has 0 saturated carbocycles. The lowest BCUT2D eigenvalue weighted by molar-refractivity contribution is 0.117. The average Bonchev–Trinajstić information content (AvgIpc) is 2.62. The zero-order valence-corrected chi connectivity index (χ0v) is 16.4. The molecule has 0 bridgehead atoms. The third-order valence-electron chi connectivity index (χ3n) is 3.69. The third kappa shape index (κ3) is 7.23. The first-order chi connectivity index (χ1) is 12.1. The van der Waals surface area contributed by atoms with Crippen LogP contribution in [-0.4, -0.2) is 17.1 Å². The molecule has 0 aliphatic heterocycles. The molecular weight excluding hydrogens is 331 g/mol. The quantitative estimate of drug-likeness (QED) is 0.462. The Morgan fingerprint density at radius 3 is 1.52 bits per heavy atom. The molecule has 136 valence electrons. The minimum atomic E-state index is -1.24. The molecule has 4 nitrogen and oxygen atoms in total. The van der Waals surface area contributed by atoms with Crippen LogP contribution in [0.2, 0.25) is 0 Å². The second-order valence-corrected chi connectivity index (χ2v) is 7.70. The summed E-state index contributed by atoms with van der Waals surface area (Å²) in [7, 11) is -1.24. The summed E-state index contributed by atoms with van der Waals surface area (Å²) in [5.74, 6) is 0. The summed E-state index contributed by atoms with van der Waals surface area (Å²) in [6, 6.07) is 21.1. The molecule has 0 saturated heterocycles. The van der Waals surface area contributed by atoms with E-state index in [2.05, 4.69) is 62.2 Å². The molecular formula is C20H29N2O2P. The monoisotopic (exact) mass is 360 g/mol. The molecule has 5 heteroatoms. The van der Waals surface area contributed by atoms with Gasteiger partial charge in [-0.3, -0.25) is 0 Å². The van der Waals surface area contributed by atoms with E-state index in [1.807, 2.05) is 36.4 Å². The van der Waals surface area contributed by atoms with Gasteiger partial charge in [0, 0.05) is 12.1 Å². The lowest BCUT2D eigenvalue weighted by atomic mass is 10.2. The molecule has 0 spiro atoms. The second-order valence-electron chi connectivity index (χ2n) is 6.47. The fourth-order valence-electron chi connectivity index (χ4n) is 2.43. The average molecular weight is 360 g/mol. The highest BCUT2D eigenvalue weighted by Crippen LogP contribution is 2.37. The van der Waals surface area contributed by atoms with Crippen LogP contribution < -0.4 is 5.20 Å². The van der Waals surface area contributed by atoms with E-state index in [-0.39, 0.29) is 0 Å². The minimum absolute atomic E-state index is 0.352. The maximum absolute atomic E-state index is 6.07. The van der Waals surface area contributed by atoms with E-state index in [9.17, 15) is 0 Å². The van der Waals surface area contributed by atoms with Crippen molar-refractivity contribution in [2.24, 2.45) is 0 Å². The van der Waals surface area contributed by atoms with Crippen molar-refractivity contribution in [1.29, 1.82) is 0 Å². The molecule has 0 amide bonds. The van der Waals surface area contributed by atoms with Crippen LogP contribution in [0.15, 0.2) is 60.7 Å². The Bertz CT molecular complexity index is 542. The molecule has 0 aliphatic carbocycles. The molecule has 1 N–H and O–H groups in total. The predicted octanol–water partition coefficient (Wildman–Crippen LogP) is 5.27. The molecule has 0 atom stereocenters. The molecule has 0 aromatic heterocycles. The molecule has 0 unspecified atom stereocenters. The van der Waals surface area contributed by atoms with Gasteiger partial charge in [-0.1, -0.05) is 60.7 Å². The van der Waals surface area contributed by atoms with E-state index in [1.54, 1.807) is 0 Å². The van der Waals surface area contributed by atoms with Crippen LogP contribution in [0.5, 0.6) is 0 Å². The van der Waals surface area contributed by atoms with Crippen LogP contribution in [0.25, 0.3) is 0 Å². The van der Waals surface area contributed by atoms with Gasteiger partial charge in [0.1, 0.15) is 0 Å². The van der Waals surface area contributed by atoms with Gasteiger partial charge in [0.25, 0.3) is 8.53 Å². The Morgan fingerprint density at radius 1 is 0.760 bits per heavy atom. The summed E-state index contributed by atoms with van der Waals surface area (Å²) in [6.07, 6.45) is 0. The van der Waals surface area contributed by atoms with E-state index >= 15 is 0 Å². The highest BCUT2D eigenvalue weighted by Gasteiger charge is 2.20. The second kappa shape index (κ2) is 10.6. The highest BCUT2D eigenvalue weighted by atomic mass is 31.2. The standard InChI is InChI=1S/C20H29N2O2P/c1-17(2)22(18(3)4)21-25(23-15-19-11-7-5-8-12-19)24-16-20-13-9-6-10-14-20/h5-14,17-18,21H,15-16H2,1-4H3. The van der Waals surface area contributed by atoms with Crippen molar-refractivity contribution in [3.63, 3.8) is 0 Å². The Balaban J connectivity index is 1.98. The summed E-state index contributed by atoms with van der Waals surface area (Å²) in [4.78, 5) is 0. The van der Waals surface area contributed by atoms with Gasteiger partial charge in [-0.25, -0.2) is 5.01 Å². The summed E-state index contributed by atoms with van der Waals surface area (Å²) in [5, 5.41) is 5.63. The number of rotatable bonds is 10. The summed E-state index contributed by atoms with van der Waals surface area (Å²) >= 11 is 0. The molecule has 2 aromatic rings. The van der Waals surface area contributed by atoms with Crippen LogP contribution in [0.3, 0.4) is 0 Å². The fraction of sp³-hybridized carbons (Fsp3) is 0.400. The first kappa shape index (κ1) is 20.0. The van der Waals surface area contributed by atoms with E-state index < -0.39 is 8.53 Å². The summed E-state index contributed by atoms with van der Waals surface area (Å²) < 4.78 is 12.1. The van der Waals surface area contributed by atoms with E-state index in [0.29, 0.717) is 25.3 Å². The van der Waals surface area contributed by atoms with Crippen molar-refractivity contribution in [2.45, 2.75) is 53.0 Å². The maximum atomic E-state index is 6.07. The van der Waals surface area contributed by atoms with Crippen LogP contribution in [-0.2, 0) is 22.3 Å². The topological polar surface area (TPSA) is 33.7 Å². The molecule has 0 aliphatic rings. The Labute approximate surface area is 153 Å². The summed E-state index contributed by atoms with van der Waals surface area (Å²) in [6.45, 7) is 9.70. The third-order valence-corrected chi connectivity index (χ3v) is 4.81. The normalized spacial score (nSPS) is 11.8. The van der Waals surface area contributed by atoms with Gasteiger partial charge >= 0.3 is 0 Å². The number of hydrazine groups is 1. The number of benzene rings is 2. The largest absolute Gasteiger partial charge is 0.316 e. The van der Waals surface area contributed by atoms with Crippen LogP contribution >= 0.6 is 8.53 Å². The summed E-state index contributed by atoms with van der Waals surface area (Å²) in [5.41, 5.74) is 2.28.